The second kappa shape index (κ2) is 7.99. The van der Waals surface area contributed by atoms with Gasteiger partial charge in [0.15, 0.2) is 5.76 Å². The number of hydrogen-bond acceptors (Lipinski definition) is 3. The molecule has 0 fully saturated rings. The molecule has 0 amide bonds. The molecule has 27 heavy (non-hydrogen) atoms. The van der Waals surface area contributed by atoms with Crippen LogP contribution in [0.25, 0.3) is 22.6 Å². The van der Waals surface area contributed by atoms with Gasteiger partial charge in [0.2, 0.25) is 0 Å². The van der Waals surface area contributed by atoms with E-state index in [0.29, 0.717) is 16.0 Å². The first-order valence-electron chi connectivity index (χ1n) is 8.39. The molecule has 0 aliphatic rings. The largest absolute Gasteiger partial charge is 0.431 e. The lowest BCUT2D eigenvalue weighted by Crippen LogP contribution is -1.85. The first kappa shape index (κ1) is 17.8. The van der Waals surface area contributed by atoms with E-state index in [0.717, 1.165) is 28.1 Å². The van der Waals surface area contributed by atoms with Crippen molar-refractivity contribution in [1.29, 1.82) is 0 Å². The van der Waals surface area contributed by atoms with E-state index in [1.165, 1.54) is 23.9 Å². The Morgan fingerprint density at radius 1 is 0.889 bits per heavy atom. The third-order valence-electron chi connectivity index (χ3n) is 4.06. The van der Waals surface area contributed by atoms with E-state index in [-0.39, 0.29) is 5.82 Å². The van der Waals surface area contributed by atoms with E-state index in [1.807, 2.05) is 60.7 Å². The summed E-state index contributed by atoms with van der Waals surface area (Å²) in [6, 6.07) is 24.3. The van der Waals surface area contributed by atoms with Gasteiger partial charge in [-0.3, -0.25) is 0 Å². The normalized spacial score (nSPS) is 10.9. The second-order valence-electron chi connectivity index (χ2n) is 5.91. The van der Waals surface area contributed by atoms with Gasteiger partial charge in [-0.2, -0.15) is 0 Å². The molecule has 3 aromatic carbocycles. The van der Waals surface area contributed by atoms with Crippen molar-refractivity contribution < 1.29 is 8.81 Å². The standard InChI is InChI=1S/C22H15ClFNOS/c23-19-13-18(24)12-11-17(19)14-27-22-25-20(15-7-3-1-4-8-15)21(26-22)16-9-5-2-6-10-16/h1-13H,14H2. The van der Waals surface area contributed by atoms with Crippen molar-refractivity contribution >= 4 is 23.4 Å². The molecule has 0 saturated carbocycles. The smallest absolute Gasteiger partial charge is 0.257 e. The van der Waals surface area contributed by atoms with Crippen molar-refractivity contribution in [1.82, 2.24) is 4.98 Å². The zero-order chi connectivity index (χ0) is 18.6. The molecule has 1 heterocycles. The lowest BCUT2D eigenvalue weighted by Gasteiger charge is -2.02. The van der Waals surface area contributed by atoms with Crippen LogP contribution in [0.15, 0.2) is 88.5 Å². The Hall–Kier alpha value is -2.56. The highest BCUT2D eigenvalue weighted by molar-refractivity contribution is 7.98. The molecule has 0 aliphatic heterocycles. The monoisotopic (exact) mass is 395 g/mol. The van der Waals surface area contributed by atoms with Crippen LogP contribution in [-0.4, -0.2) is 4.98 Å². The number of oxazole rings is 1. The molecular formula is C22H15ClFNOS. The summed E-state index contributed by atoms with van der Waals surface area (Å²) >= 11 is 7.55. The zero-order valence-corrected chi connectivity index (χ0v) is 15.8. The molecule has 0 N–H and O–H groups in total. The van der Waals surface area contributed by atoms with Crippen molar-refractivity contribution in [2.45, 2.75) is 11.0 Å². The molecule has 0 unspecified atom stereocenters. The van der Waals surface area contributed by atoms with Crippen LogP contribution in [0.3, 0.4) is 0 Å². The number of hydrogen-bond donors (Lipinski definition) is 0. The highest BCUT2D eigenvalue weighted by Gasteiger charge is 2.17. The Balaban J connectivity index is 1.67. The first-order valence-corrected chi connectivity index (χ1v) is 9.75. The molecule has 4 rings (SSSR count). The fourth-order valence-corrected chi connectivity index (χ4v) is 3.86. The van der Waals surface area contributed by atoms with E-state index < -0.39 is 0 Å². The third-order valence-corrected chi connectivity index (χ3v) is 5.29. The van der Waals surface area contributed by atoms with Crippen molar-refractivity contribution in [3.05, 3.63) is 95.3 Å². The van der Waals surface area contributed by atoms with Crippen molar-refractivity contribution in [3.63, 3.8) is 0 Å². The van der Waals surface area contributed by atoms with Crippen molar-refractivity contribution in [3.8, 4) is 22.6 Å². The number of benzene rings is 3. The molecule has 0 atom stereocenters. The van der Waals surface area contributed by atoms with Crippen LogP contribution in [0.2, 0.25) is 5.02 Å². The Labute approximate surface area is 166 Å². The van der Waals surface area contributed by atoms with Crippen molar-refractivity contribution in [2.24, 2.45) is 0 Å². The Bertz CT molecular complexity index is 994. The lowest BCUT2D eigenvalue weighted by molar-refractivity contribution is 0.466. The fourth-order valence-electron chi connectivity index (χ4n) is 2.72. The Kier molecular flexibility index (Phi) is 5.28. The van der Waals surface area contributed by atoms with E-state index in [2.05, 4.69) is 0 Å². The minimum Gasteiger partial charge on any atom is -0.431 e. The van der Waals surface area contributed by atoms with Gasteiger partial charge in [-0.05, 0) is 17.7 Å². The van der Waals surface area contributed by atoms with Gasteiger partial charge >= 0.3 is 0 Å². The maximum absolute atomic E-state index is 13.2. The minimum atomic E-state index is -0.345. The van der Waals surface area contributed by atoms with Gasteiger partial charge < -0.3 is 4.42 Å². The first-order chi connectivity index (χ1) is 13.2. The predicted octanol–water partition coefficient (Wildman–Crippen LogP) is 7.09. The average molecular weight is 396 g/mol. The second-order valence-corrected chi connectivity index (χ2v) is 7.25. The number of nitrogens with zero attached hydrogens (tertiary/aromatic N) is 1. The SMILES string of the molecule is Fc1ccc(CSc2nc(-c3ccccc3)c(-c3ccccc3)o2)c(Cl)c1. The Morgan fingerprint density at radius 2 is 1.56 bits per heavy atom. The van der Waals surface area contributed by atoms with Gasteiger partial charge in [-0.15, -0.1) is 0 Å². The summed E-state index contributed by atoms with van der Waals surface area (Å²) in [4.78, 5) is 4.70. The van der Waals surface area contributed by atoms with Gasteiger partial charge in [0.1, 0.15) is 11.5 Å². The maximum atomic E-state index is 13.2. The lowest BCUT2D eigenvalue weighted by atomic mass is 10.1. The summed E-state index contributed by atoms with van der Waals surface area (Å²) in [5, 5.41) is 0.953. The quantitative estimate of drug-likeness (QED) is 0.337. The van der Waals surface area contributed by atoms with Gasteiger partial charge in [-0.1, -0.05) is 90.1 Å². The van der Waals surface area contributed by atoms with Crippen LogP contribution in [0, 0.1) is 5.82 Å². The van der Waals surface area contributed by atoms with Gasteiger partial charge in [0, 0.05) is 21.9 Å². The minimum absolute atomic E-state index is 0.345. The number of thioether (sulfide) groups is 1. The summed E-state index contributed by atoms with van der Waals surface area (Å²) < 4.78 is 19.3. The van der Waals surface area contributed by atoms with Crippen molar-refractivity contribution in [2.75, 3.05) is 0 Å². The van der Waals surface area contributed by atoms with Crippen LogP contribution < -0.4 is 0 Å². The predicted molar refractivity (Wildman–Crippen MR) is 108 cm³/mol. The van der Waals surface area contributed by atoms with Crippen LogP contribution in [0.1, 0.15) is 5.56 Å². The molecule has 5 heteroatoms. The van der Waals surface area contributed by atoms with Crippen LogP contribution in [-0.2, 0) is 5.75 Å². The van der Waals surface area contributed by atoms with E-state index in [1.54, 1.807) is 6.07 Å². The van der Waals surface area contributed by atoms with Gasteiger partial charge in [0.25, 0.3) is 5.22 Å². The van der Waals surface area contributed by atoms with E-state index in [9.17, 15) is 4.39 Å². The molecule has 0 aliphatic carbocycles. The summed E-state index contributed by atoms with van der Waals surface area (Å²) in [5.41, 5.74) is 3.60. The molecule has 4 aromatic rings. The maximum Gasteiger partial charge on any atom is 0.257 e. The van der Waals surface area contributed by atoms with Crippen LogP contribution >= 0.6 is 23.4 Å². The summed E-state index contributed by atoms with van der Waals surface area (Å²) in [5.74, 6) is 0.930. The highest BCUT2D eigenvalue weighted by Crippen LogP contribution is 2.36. The van der Waals surface area contributed by atoms with Crippen LogP contribution in [0.5, 0.6) is 0 Å². The molecular weight excluding hydrogens is 381 g/mol. The van der Waals surface area contributed by atoms with E-state index in [4.69, 9.17) is 21.0 Å². The number of halogens is 2. The topological polar surface area (TPSA) is 26.0 Å². The average Bonchev–Trinajstić information content (AvgIpc) is 3.13. The number of rotatable bonds is 5. The summed E-state index contributed by atoms with van der Waals surface area (Å²) in [6.45, 7) is 0. The van der Waals surface area contributed by atoms with Gasteiger partial charge in [0.05, 0.1) is 0 Å². The molecule has 134 valence electrons. The Morgan fingerprint density at radius 3 is 2.22 bits per heavy atom. The van der Waals surface area contributed by atoms with E-state index >= 15 is 0 Å². The van der Waals surface area contributed by atoms with Gasteiger partial charge in [-0.25, -0.2) is 9.37 Å². The fraction of sp³-hybridized carbons (Fsp3) is 0.0455. The third kappa shape index (κ3) is 4.07. The molecule has 0 saturated heterocycles. The molecule has 1 aromatic heterocycles. The number of aromatic nitrogens is 1. The molecule has 0 radical (unpaired) electrons. The summed E-state index contributed by atoms with van der Waals surface area (Å²) in [7, 11) is 0. The zero-order valence-electron chi connectivity index (χ0n) is 14.2. The molecule has 0 spiro atoms. The van der Waals surface area contributed by atoms with Crippen LogP contribution in [0.4, 0.5) is 4.39 Å². The molecule has 0 bridgehead atoms. The molecule has 2 nitrogen and oxygen atoms in total. The summed E-state index contributed by atoms with van der Waals surface area (Å²) in [6.07, 6.45) is 0. The highest BCUT2D eigenvalue weighted by atomic mass is 35.5.